The van der Waals surface area contributed by atoms with Gasteiger partial charge in [-0.3, -0.25) is 4.79 Å². The van der Waals surface area contributed by atoms with E-state index >= 15 is 0 Å². The lowest BCUT2D eigenvalue weighted by Gasteiger charge is -2.16. The van der Waals surface area contributed by atoms with Crippen LogP contribution in [0, 0.1) is 0 Å². The zero-order valence-electron chi connectivity index (χ0n) is 12.5. The van der Waals surface area contributed by atoms with Crippen LogP contribution in [-0.4, -0.2) is 4.57 Å². The number of hydrogen-bond acceptors (Lipinski definition) is 2. The van der Waals surface area contributed by atoms with Crippen LogP contribution in [0.4, 0.5) is 0 Å². The standard InChI is InChI=1S/C20H13NOS/c1-21-16-11-12(22)9-10-13(16)14-6-4-8-18-19(14)20(21)15-5-2-3-7-17(15)23-18/h2-11H,1H3. The summed E-state index contributed by atoms with van der Waals surface area (Å²) in [7, 11) is 2.06. The predicted molar refractivity (Wildman–Crippen MR) is 99.6 cm³/mol. The van der Waals surface area contributed by atoms with Gasteiger partial charge >= 0.3 is 0 Å². The fourth-order valence-electron chi connectivity index (χ4n) is 3.57. The summed E-state index contributed by atoms with van der Waals surface area (Å²) in [6.45, 7) is 0. The van der Waals surface area contributed by atoms with Crippen molar-refractivity contribution < 1.29 is 0 Å². The molecule has 0 aliphatic carbocycles. The van der Waals surface area contributed by atoms with Crippen molar-refractivity contribution in [2.45, 2.75) is 0 Å². The van der Waals surface area contributed by atoms with Crippen LogP contribution in [-0.2, 0) is 7.05 Å². The van der Waals surface area contributed by atoms with E-state index in [4.69, 9.17) is 0 Å². The molecule has 0 N–H and O–H groups in total. The molecule has 0 saturated heterocycles. The van der Waals surface area contributed by atoms with Gasteiger partial charge in [0.15, 0.2) is 5.43 Å². The number of aromatic nitrogens is 1. The molecule has 5 aromatic rings. The molecule has 0 saturated carbocycles. The molecule has 0 bridgehead atoms. The van der Waals surface area contributed by atoms with Crippen LogP contribution in [0.5, 0.6) is 0 Å². The van der Waals surface area contributed by atoms with Gasteiger partial charge in [0.2, 0.25) is 0 Å². The number of benzene rings is 3. The van der Waals surface area contributed by atoms with Crippen LogP contribution in [0.3, 0.4) is 0 Å². The average molecular weight is 315 g/mol. The lowest BCUT2D eigenvalue weighted by molar-refractivity contribution is 1.01. The summed E-state index contributed by atoms with van der Waals surface area (Å²) in [6.07, 6.45) is 0. The zero-order chi connectivity index (χ0) is 15.6. The molecule has 0 unspecified atom stereocenters. The first kappa shape index (κ1) is 12.9. The van der Waals surface area contributed by atoms with E-state index in [1.807, 2.05) is 17.4 Å². The summed E-state index contributed by atoms with van der Waals surface area (Å²) in [4.78, 5) is 11.9. The molecule has 0 radical (unpaired) electrons. The summed E-state index contributed by atoms with van der Waals surface area (Å²) in [5, 5.41) is 4.87. The molecule has 0 atom stereocenters. The SMILES string of the molecule is Cn1c2cc(=O)ccc2c2cccc3sc4ccccc4c1c32. The van der Waals surface area contributed by atoms with Crippen LogP contribution < -0.4 is 5.43 Å². The van der Waals surface area contributed by atoms with E-state index in [2.05, 4.69) is 54.1 Å². The third-order valence-electron chi connectivity index (χ3n) is 4.58. The summed E-state index contributed by atoms with van der Waals surface area (Å²) in [5.41, 5.74) is 2.23. The maximum absolute atomic E-state index is 11.9. The van der Waals surface area contributed by atoms with Crippen molar-refractivity contribution in [3.05, 3.63) is 70.9 Å². The van der Waals surface area contributed by atoms with Crippen molar-refractivity contribution in [1.29, 1.82) is 0 Å². The molecule has 3 aromatic carbocycles. The zero-order valence-corrected chi connectivity index (χ0v) is 13.4. The van der Waals surface area contributed by atoms with Crippen molar-refractivity contribution in [1.82, 2.24) is 4.57 Å². The summed E-state index contributed by atoms with van der Waals surface area (Å²) >= 11 is 1.82. The van der Waals surface area contributed by atoms with Crippen molar-refractivity contribution in [2.75, 3.05) is 0 Å². The Bertz CT molecular complexity index is 1290. The highest BCUT2D eigenvalue weighted by Gasteiger charge is 2.13. The van der Waals surface area contributed by atoms with Crippen LogP contribution in [0.25, 0.3) is 42.0 Å². The number of nitrogens with zero attached hydrogens (tertiary/aromatic N) is 1. The highest BCUT2D eigenvalue weighted by atomic mass is 32.1. The summed E-state index contributed by atoms with van der Waals surface area (Å²) in [5.74, 6) is 0. The van der Waals surface area contributed by atoms with E-state index in [0.717, 1.165) is 10.9 Å². The number of pyridine rings is 1. The fourth-order valence-corrected chi connectivity index (χ4v) is 4.69. The Hall–Kier alpha value is -2.65. The highest BCUT2D eigenvalue weighted by Crippen LogP contribution is 2.39. The molecule has 0 aliphatic heterocycles. The van der Waals surface area contributed by atoms with Crippen LogP contribution >= 0.6 is 11.3 Å². The van der Waals surface area contributed by atoms with Crippen LogP contribution in [0.2, 0.25) is 0 Å². The van der Waals surface area contributed by atoms with Gasteiger partial charge < -0.3 is 4.57 Å². The Morgan fingerprint density at radius 1 is 0.826 bits per heavy atom. The number of aryl methyl sites for hydroxylation is 1. The predicted octanol–water partition coefficient (Wildman–Crippen LogP) is 5.06. The van der Waals surface area contributed by atoms with Gasteiger partial charge in [-0.15, -0.1) is 11.3 Å². The lowest BCUT2D eigenvalue weighted by Crippen LogP contribution is -2.03. The Morgan fingerprint density at radius 2 is 1.61 bits per heavy atom. The molecule has 0 fully saturated rings. The fraction of sp³-hybridized carbons (Fsp3) is 0.0500. The third-order valence-corrected chi connectivity index (χ3v) is 5.72. The molecule has 2 nitrogen and oxygen atoms in total. The largest absolute Gasteiger partial charge is 0.343 e. The van der Waals surface area contributed by atoms with Gasteiger partial charge in [-0.2, -0.15) is 0 Å². The minimum atomic E-state index is 0.0503. The highest BCUT2D eigenvalue weighted by molar-refractivity contribution is 7.25. The van der Waals surface area contributed by atoms with E-state index in [1.165, 1.54) is 31.1 Å². The maximum Gasteiger partial charge on any atom is 0.180 e. The van der Waals surface area contributed by atoms with Gasteiger partial charge in [0, 0.05) is 38.7 Å². The monoisotopic (exact) mass is 315 g/mol. The van der Waals surface area contributed by atoms with Crippen molar-refractivity contribution in [3.8, 4) is 0 Å². The van der Waals surface area contributed by atoms with Gasteiger partial charge in [-0.1, -0.05) is 30.3 Å². The first-order valence-electron chi connectivity index (χ1n) is 7.57. The Kier molecular flexibility index (Phi) is 2.48. The molecule has 0 amide bonds. The lowest BCUT2D eigenvalue weighted by atomic mass is 10.0. The van der Waals surface area contributed by atoms with Gasteiger partial charge in [-0.25, -0.2) is 0 Å². The Morgan fingerprint density at radius 3 is 2.52 bits per heavy atom. The molecular formula is C20H13NOS. The molecule has 2 heterocycles. The van der Waals surface area contributed by atoms with Gasteiger partial charge in [-0.05, 0) is 29.7 Å². The van der Waals surface area contributed by atoms with Crippen molar-refractivity contribution in [3.63, 3.8) is 0 Å². The van der Waals surface area contributed by atoms with E-state index in [0.29, 0.717) is 0 Å². The van der Waals surface area contributed by atoms with E-state index < -0.39 is 0 Å². The number of hydrogen-bond donors (Lipinski definition) is 0. The van der Waals surface area contributed by atoms with Gasteiger partial charge in [0.05, 0.1) is 11.0 Å². The molecule has 2 aromatic heterocycles. The van der Waals surface area contributed by atoms with Crippen molar-refractivity contribution >= 4 is 53.3 Å². The Labute approximate surface area is 136 Å². The van der Waals surface area contributed by atoms with Crippen LogP contribution in [0.1, 0.15) is 0 Å². The topological polar surface area (TPSA) is 22.0 Å². The maximum atomic E-state index is 11.9. The van der Waals surface area contributed by atoms with E-state index in [1.54, 1.807) is 12.1 Å². The second-order valence-corrected chi connectivity index (χ2v) is 6.95. The second kappa shape index (κ2) is 4.43. The third kappa shape index (κ3) is 1.65. The van der Waals surface area contributed by atoms with Gasteiger partial charge in [0.1, 0.15) is 0 Å². The number of rotatable bonds is 0. The average Bonchev–Trinajstić information content (AvgIpc) is 2.58. The minimum absolute atomic E-state index is 0.0503. The minimum Gasteiger partial charge on any atom is -0.343 e. The second-order valence-electron chi connectivity index (χ2n) is 5.86. The normalized spacial score (nSPS) is 11.9. The summed E-state index contributed by atoms with van der Waals surface area (Å²) < 4.78 is 4.71. The molecule has 0 aliphatic rings. The molecule has 3 heteroatoms. The Balaban J connectivity index is 2.26. The molecule has 5 rings (SSSR count). The molecule has 110 valence electrons. The van der Waals surface area contributed by atoms with Gasteiger partial charge in [0.25, 0.3) is 0 Å². The van der Waals surface area contributed by atoms with E-state index in [-0.39, 0.29) is 5.43 Å². The number of fused-ring (bicyclic) bond motifs is 4. The molecular weight excluding hydrogens is 302 g/mol. The van der Waals surface area contributed by atoms with Crippen LogP contribution in [0.15, 0.2) is 65.5 Å². The quantitative estimate of drug-likeness (QED) is 0.289. The molecule has 23 heavy (non-hydrogen) atoms. The first-order chi connectivity index (χ1) is 11.2. The van der Waals surface area contributed by atoms with Crippen molar-refractivity contribution in [2.24, 2.45) is 7.05 Å². The summed E-state index contributed by atoms with van der Waals surface area (Å²) in [6, 6.07) is 20.3. The smallest absolute Gasteiger partial charge is 0.180 e. The van der Waals surface area contributed by atoms with E-state index in [9.17, 15) is 4.79 Å². The first-order valence-corrected chi connectivity index (χ1v) is 8.38. The molecule has 0 spiro atoms.